The summed E-state index contributed by atoms with van der Waals surface area (Å²) in [5.74, 6) is 3.36. The maximum atomic E-state index is 5.15. The van der Waals surface area contributed by atoms with E-state index in [1.165, 1.54) is 0 Å². The normalized spacial score (nSPS) is 7.64. The van der Waals surface area contributed by atoms with Gasteiger partial charge in [-0.15, -0.1) is 23.4 Å². The summed E-state index contributed by atoms with van der Waals surface area (Å²) in [5.41, 5.74) is 0.876. The summed E-state index contributed by atoms with van der Waals surface area (Å²) in [4.78, 5) is 0. The van der Waals surface area contributed by atoms with Gasteiger partial charge in [-0.05, 0) is 24.3 Å². The standard InChI is InChI=1S/C9H8O.BrH/c1-3-8-4-6-9(10-2)7-5-8;/h1,4-7H,2H3;1H. The van der Waals surface area contributed by atoms with Gasteiger partial charge in [0.1, 0.15) is 5.75 Å². The molecule has 0 atom stereocenters. The molecule has 0 amide bonds. The molecule has 0 spiro atoms. The highest BCUT2D eigenvalue weighted by atomic mass is 79.9. The molecule has 0 fully saturated rings. The van der Waals surface area contributed by atoms with Gasteiger partial charge in [0.05, 0.1) is 7.11 Å². The van der Waals surface area contributed by atoms with Gasteiger partial charge in [-0.3, -0.25) is 0 Å². The highest BCUT2D eigenvalue weighted by Crippen LogP contribution is 2.09. The van der Waals surface area contributed by atoms with Gasteiger partial charge >= 0.3 is 0 Å². The Morgan fingerprint density at radius 2 is 1.82 bits per heavy atom. The molecule has 0 unspecified atom stereocenters. The Balaban J connectivity index is 0.000001000. The molecule has 0 aliphatic rings. The fraction of sp³-hybridized carbons (Fsp3) is 0.111. The highest BCUT2D eigenvalue weighted by molar-refractivity contribution is 8.93. The predicted molar refractivity (Wildman–Crippen MR) is 51.3 cm³/mol. The Labute approximate surface area is 77.2 Å². The Morgan fingerprint density at radius 1 is 1.27 bits per heavy atom. The monoisotopic (exact) mass is 212 g/mol. The molecular weight excluding hydrogens is 204 g/mol. The van der Waals surface area contributed by atoms with E-state index < -0.39 is 0 Å². The molecule has 2 heteroatoms. The van der Waals surface area contributed by atoms with E-state index in [0.29, 0.717) is 0 Å². The minimum atomic E-state index is 0. The maximum Gasteiger partial charge on any atom is 0.118 e. The van der Waals surface area contributed by atoms with Crippen LogP contribution in [0.1, 0.15) is 5.56 Å². The minimum Gasteiger partial charge on any atom is -0.497 e. The number of halogens is 1. The third-order valence-electron chi connectivity index (χ3n) is 1.26. The lowest BCUT2D eigenvalue weighted by Gasteiger charge is -1.96. The van der Waals surface area contributed by atoms with Gasteiger partial charge in [-0.2, -0.15) is 0 Å². The highest BCUT2D eigenvalue weighted by Gasteiger charge is 1.87. The lowest BCUT2D eigenvalue weighted by Crippen LogP contribution is -1.81. The summed E-state index contributed by atoms with van der Waals surface area (Å²) in [6.07, 6.45) is 5.15. The van der Waals surface area contributed by atoms with Crippen molar-refractivity contribution in [2.24, 2.45) is 0 Å². The third-order valence-corrected chi connectivity index (χ3v) is 1.26. The lowest BCUT2D eigenvalue weighted by molar-refractivity contribution is 0.415. The summed E-state index contributed by atoms with van der Waals surface area (Å²) < 4.78 is 4.95. The fourth-order valence-electron chi connectivity index (χ4n) is 0.687. The molecule has 1 rings (SSSR count). The predicted octanol–water partition coefficient (Wildman–Crippen LogP) is 2.25. The van der Waals surface area contributed by atoms with Crippen molar-refractivity contribution in [3.05, 3.63) is 29.8 Å². The SMILES string of the molecule is Br.C#Cc1ccc(OC)cc1. The van der Waals surface area contributed by atoms with Crippen LogP contribution in [-0.2, 0) is 0 Å². The van der Waals surface area contributed by atoms with Gasteiger partial charge in [0.2, 0.25) is 0 Å². The lowest BCUT2D eigenvalue weighted by atomic mass is 10.2. The number of benzene rings is 1. The molecule has 0 aliphatic carbocycles. The first-order valence-corrected chi connectivity index (χ1v) is 2.97. The molecule has 0 aromatic heterocycles. The molecule has 0 radical (unpaired) electrons. The van der Waals surface area contributed by atoms with E-state index in [9.17, 15) is 0 Å². The van der Waals surface area contributed by atoms with E-state index >= 15 is 0 Å². The quantitative estimate of drug-likeness (QED) is 0.650. The van der Waals surface area contributed by atoms with Crippen LogP contribution in [0.15, 0.2) is 24.3 Å². The zero-order valence-electron chi connectivity index (χ0n) is 6.20. The van der Waals surface area contributed by atoms with Gasteiger partial charge in [0, 0.05) is 5.56 Å². The zero-order chi connectivity index (χ0) is 7.40. The van der Waals surface area contributed by atoms with Crippen molar-refractivity contribution >= 4 is 17.0 Å². The van der Waals surface area contributed by atoms with Crippen molar-refractivity contribution in [1.29, 1.82) is 0 Å². The Hall–Kier alpha value is -0.940. The van der Waals surface area contributed by atoms with Gasteiger partial charge in [0.15, 0.2) is 0 Å². The van der Waals surface area contributed by atoms with Crippen molar-refractivity contribution in [1.82, 2.24) is 0 Å². The molecule has 58 valence electrons. The average molecular weight is 213 g/mol. The largest absolute Gasteiger partial charge is 0.497 e. The Bertz CT molecular complexity index is 245. The number of terminal acetylenes is 1. The average Bonchev–Trinajstić information content (AvgIpc) is 2.05. The summed E-state index contributed by atoms with van der Waals surface area (Å²) in [6, 6.07) is 7.38. The molecule has 0 heterocycles. The minimum absolute atomic E-state index is 0. The van der Waals surface area contributed by atoms with Crippen LogP contribution in [-0.4, -0.2) is 7.11 Å². The molecule has 0 N–H and O–H groups in total. The van der Waals surface area contributed by atoms with Crippen LogP contribution in [0.4, 0.5) is 0 Å². The first kappa shape index (κ1) is 10.1. The van der Waals surface area contributed by atoms with Crippen molar-refractivity contribution < 1.29 is 4.74 Å². The topological polar surface area (TPSA) is 9.23 Å². The molecule has 0 saturated heterocycles. The smallest absolute Gasteiger partial charge is 0.118 e. The van der Waals surface area contributed by atoms with Gasteiger partial charge in [-0.25, -0.2) is 0 Å². The number of hydrogen-bond donors (Lipinski definition) is 0. The molecule has 1 aromatic rings. The second kappa shape index (κ2) is 4.81. The van der Waals surface area contributed by atoms with E-state index in [2.05, 4.69) is 5.92 Å². The Kier molecular flexibility index (Phi) is 4.40. The van der Waals surface area contributed by atoms with Crippen molar-refractivity contribution in [2.75, 3.05) is 7.11 Å². The van der Waals surface area contributed by atoms with E-state index in [0.717, 1.165) is 11.3 Å². The fourth-order valence-corrected chi connectivity index (χ4v) is 0.687. The molecule has 11 heavy (non-hydrogen) atoms. The zero-order valence-corrected chi connectivity index (χ0v) is 7.92. The molecule has 0 aliphatic heterocycles. The summed E-state index contributed by atoms with van der Waals surface area (Å²) in [7, 11) is 1.63. The van der Waals surface area contributed by atoms with Crippen molar-refractivity contribution in [3.63, 3.8) is 0 Å². The van der Waals surface area contributed by atoms with Crippen molar-refractivity contribution in [2.45, 2.75) is 0 Å². The van der Waals surface area contributed by atoms with Crippen LogP contribution in [0.5, 0.6) is 5.75 Å². The maximum absolute atomic E-state index is 5.15. The summed E-state index contributed by atoms with van der Waals surface area (Å²) in [5, 5.41) is 0. The van der Waals surface area contributed by atoms with Gasteiger partial charge in [-0.1, -0.05) is 5.92 Å². The number of hydrogen-bond acceptors (Lipinski definition) is 1. The van der Waals surface area contributed by atoms with Crippen LogP contribution in [0.2, 0.25) is 0 Å². The first-order valence-electron chi connectivity index (χ1n) is 2.97. The van der Waals surface area contributed by atoms with Crippen LogP contribution in [0.3, 0.4) is 0 Å². The Morgan fingerprint density at radius 3 is 2.18 bits per heavy atom. The van der Waals surface area contributed by atoms with E-state index in [1.807, 2.05) is 24.3 Å². The van der Waals surface area contributed by atoms with Crippen molar-refractivity contribution in [3.8, 4) is 18.1 Å². The van der Waals surface area contributed by atoms with E-state index in [4.69, 9.17) is 11.2 Å². The molecule has 0 saturated carbocycles. The summed E-state index contributed by atoms with van der Waals surface area (Å²) >= 11 is 0. The van der Waals surface area contributed by atoms with Crippen LogP contribution in [0.25, 0.3) is 0 Å². The number of ether oxygens (including phenoxy) is 1. The molecule has 0 bridgehead atoms. The molecule has 1 nitrogen and oxygen atoms in total. The second-order valence-electron chi connectivity index (χ2n) is 1.87. The van der Waals surface area contributed by atoms with E-state index in [1.54, 1.807) is 7.11 Å². The van der Waals surface area contributed by atoms with Crippen LogP contribution >= 0.6 is 17.0 Å². The third kappa shape index (κ3) is 2.65. The number of methoxy groups -OCH3 is 1. The first-order chi connectivity index (χ1) is 4.86. The van der Waals surface area contributed by atoms with Crippen LogP contribution < -0.4 is 4.74 Å². The van der Waals surface area contributed by atoms with Gasteiger partial charge in [0.25, 0.3) is 0 Å². The van der Waals surface area contributed by atoms with Crippen LogP contribution in [0, 0.1) is 12.3 Å². The number of rotatable bonds is 1. The van der Waals surface area contributed by atoms with E-state index in [-0.39, 0.29) is 17.0 Å². The summed E-state index contributed by atoms with van der Waals surface area (Å²) in [6.45, 7) is 0. The van der Waals surface area contributed by atoms with Gasteiger partial charge < -0.3 is 4.74 Å². The second-order valence-corrected chi connectivity index (χ2v) is 1.87. The molecular formula is C9H9BrO. The molecule has 1 aromatic carbocycles.